The molecule has 0 saturated carbocycles. The van der Waals surface area contributed by atoms with Gasteiger partial charge in [-0.2, -0.15) is 0 Å². The van der Waals surface area contributed by atoms with E-state index in [-0.39, 0.29) is 12.4 Å². The molecule has 0 fully saturated rings. The molecule has 1 aromatic heterocycles. The molecule has 2 aromatic carbocycles. The van der Waals surface area contributed by atoms with Gasteiger partial charge in [0.15, 0.2) is 9.84 Å². The molecule has 3 rings (SSSR count). The summed E-state index contributed by atoms with van der Waals surface area (Å²) in [6.45, 7) is -0.0136. The van der Waals surface area contributed by atoms with E-state index in [1.54, 1.807) is 24.3 Å². The monoisotopic (exact) mass is 371 g/mol. The first-order chi connectivity index (χ1) is 12.4. The lowest BCUT2D eigenvalue weighted by Crippen LogP contribution is -2.06. The van der Waals surface area contributed by atoms with E-state index in [4.69, 9.17) is 9.15 Å². The first-order valence-electron chi connectivity index (χ1n) is 7.84. The minimum absolute atomic E-state index is 0.0136. The first kappa shape index (κ1) is 17.9. The molecule has 134 valence electrons. The number of hydrogen-bond donors (Lipinski definition) is 0. The smallest absolute Gasteiger partial charge is 0.338 e. The minimum Gasteiger partial charge on any atom is -0.455 e. The lowest BCUT2D eigenvalue weighted by molar-refractivity contribution is 0.0467. The summed E-state index contributed by atoms with van der Waals surface area (Å²) >= 11 is 0. The van der Waals surface area contributed by atoms with Crippen LogP contribution in [0.3, 0.4) is 0 Å². The van der Waals surface area contributed by atoms with Crippen molar-refractivity contribution in [3.05, 3.63) is 77.7 Å². The van der Waals surface area contributed by atoms with Crippen molar-refractivity contribution in [3.63, 3.8) is 0 Å². The van der Waals surface area contributed by atoms with E-state index in [0.717, 1.165) is 11.8 Å². The van der Waals surface area contributed by atoms with Gasteiger partial charge >= 0.3 is 5.97 Å². The summed E-state index contributed by atoms with van der Waals surface area (Å²) in [5.41, 5.74) is 2.31. The molecule has 0 atom stereocenters. The molecule has 0 aliphatic carbocycles. The van der Waals surface area contributed by atoms with E-state index in [2.05, 4.69) is 4.98 Å². The molecule has 3 aromatic rings. The van der Waals surface area contributed by atoms with Crippen molar-refractivity contribution < 1.29 is 22.4 Å². The molecule has 0 radical (unpaired) electrons. The topological polar surface area (TPSA) is 86.5 Å². The summed E-state index contributed by atoms with van der Waals surface area (Å²) in [5, 5.41) is 0. The van der Waals surface area contributed by atoms with Crippen molar-refractivity contribution in [2.75, 3.05) is 6.26 Å². The van der Waals surface area contributed by atoms with Crippen molar-refractivity contribution in [2.45, 2.75) is 12.4 Å². The number of carbonyl (C=O) groups is 1. The van der Waals surface area contributed by atoms with Gasteiger partial charge < -0.3 is 9.15 Å². The standard InChI is InChI=1S/C19H17NO5S/c1-26(22,23)13-14-7-9-16(10-8-14)19(21)25-12-17-11-24-18(20-17)15-5-3-2-4-6-15/h2-11H,12-13H2,1H3. The molecular formula is C19H17NO5S. The fraction of sp³-hybridized carbons (Fsp3) is 0.158. The number of ether oxygens (including phenoxy) is 1. The molecule has 26 heavy (non-hydrogen) atoms. The van der Waals surface area contributed by atoms with Crippen molar-refractivity contribution in [1.29, 1.82) is 0 Å². The summed E-state index contributed by atoms with van der Waals surface area (Å²) in [6.07, 6.45) is 2.61. The Hall–Kier alpha value is -2.93. The van der Waals surface area contributed by atoms with Gasteiger partial charge in [0, 0.05) is 11.8 Å². The number of sulfone groups is 1. The van der Waals surface area contributed by atoms with Gasteiger partial charge in [0.2, 0.25) is 5.89 Å². The third-order valence-corrected chi connectivity index (χ3v) is 4.40. The van der Waals surface area contributed by atoms with Crippen LogP contribution >= 0.6 is 0 Å². The second kappa shape index (κ2) is 7.53. The second-order valence-corrected chi connectivity index (χ2v) is 7.99. The SMILES string of the molecule is CS(=O)(=O)Cc1ccc(C(=O)OCc2coc(-c3ccccc3)n2)cc1. The van der Waals surface area contributed by atoms with Crippen LogP contribution in [-0.2, 0) is 26.9 Å². The van der Waals surface area contributed by atoms with E-state index < -0.39 is 15.8 Å². The van der Waals surface area contributed by atoms with E-state index in [1.165, 1.54) is 6.26 Å². The lowest BCUT2D eigenvalue weighted by Gasteiger charge is -2.04. The van der Waals surface area contributed by atoms with Crippen LogP contribution < -0.4 is 0 Å². The molecule has 0 amide bonds. The molecule has 7 heteroatoms. The predicted octanol–water partition coefficient (Wildman–Crippen LogP) is 3.24. The zero-order valence-corrected chi connectivity index (χ0v) is 14.9. The molecule has 0 N–H and O–H groups in total. The summed E-state index contributed by atoms with van der Waals surface area (Å²) < 4.78 is 33.2. The highest BCUT2D eigenvalue weighted by molar-refractivity contribution is 7.89. The Bertz CT molecular complexity index is 992. The van der Waals surface area contributed by atoms with E-state index in [9.17, 15) is 13.2 Å². The Morgan fingerprint density at radius 3 is 2.42 bits per heavy atom. The number of benzene rings is 2. The summed E-state index contributed by atoms with van der Waals surface area (Å²) in [5.74, 6) is -0.120. The van der Waals surface area contributed by atoms with Crippen LogP contribution in [0, 0.1) is 0 Å². The average Bonchev–Trinajstić information content (AvgIpc) is 3.09. The molecule has 0 saturated heterocycles. The Labute approximate surface area is 151 Å². The van der Waals surface area contributed by atoms with Crippen LogP contribution in [0.4, 0.5) is 0 Å². The van der Waals surface area contributed by atoms with Gasteiger partial charge in [0.05, 0.1) is 11.3 Å². The lowest BCUT2D eigenvalue weighted by atomic mass is 10.1. The number of carbonyl (C=O) groups excluding carboxylic acids is 1. The van der Waals surface area contributed by atoms with Crippen LogP contribution in [0.2, 0.25) is 0 Å². The Balaban J connectivity index is 1.60. The number of oxazole rings is 1. The molecule has 0 bridgehead atoms. The van der Waals surface area contributed by atoms with Crippen LogP contribution in [0.15, 0.2) is 65.3 Å². The van der Waals surface area contributed by atoms with Crippen molar-refractivity contribution in [3.8, 4) is 11.5 Å². The third kappa shape index (κ3) is 4.80. The molecule has 0 aliphatic heterocycles. The van der Waals surface area contributed by atoms with Crippen molar-refractivity contribution in [2.24, 2.45) is 0 Å². The largest absolute Gasteiger partial charge is 0.455 e. The van der Waals surface area contributed by atoms with Crippen LogP contribution in [0.5, 0.6) is 0 Å². The summed E-state index contributed by atoms with van der Waals surface area (Å²) in [6, 6.07) is 15.7. The van der Waals surface area contributed by atoms with Crippen LogP contribution in [-0.4, -0.2) is 25.6 Å². The Morgan fingerprint density at radius 2 is 1.77 bits per heavy atom. The van der Waals surface area contributed by atoms with Gasteiger partial charge in [-0.05, 0) is 29.8 Å². The number of aromatic nitrogens is 1. The fourth-order valence-corrected chi connectivity index (χ4v) is 3.15. The van der Waals surface area contributed by atoms with Crippen molar-refractivity contribution in [1.82, 2.24) is 4.98 Å². The Morgan fingerprint density at radius 1 is 1.08 bits per heavy atom. The van der Waals surface area contributed by atoms with E-state index >= 15 is 0 Å². The summed E-state index contributed by atoms with van der Waals surface area (Å²) in [7, 11) is -3.11. The molecule has 0 aliphatic rings. The van der Waals surface area contributed by atoms with E-state index in [0.29, 0.717) is 22.7 Å². The first-order valence-corrected chi connectivity index (χ1v) is 9.90. The highest BCUT2D eigenvalue weighted by Crippen LogP contribution is 2.18. The van der Waals surface area contributed by atoms with Gasteiger partial charge in [-0.15, -0.1) is 0 Å². The second-order valence-electron chi connectivity index (χ2n) is 5.85. The normalized spacial score (nSPS) is 11.3. The molecule has 1 heterocycles. The van der Waals surface area contributed by atoms with Crippen LogP contribution in [0.25, 0.3) is 11.5 Å². The van der Waals surface area contributed by atoms with Gasteiger partial charge in [-0.25, -0.2) is 18.2 Å². The maximum Gasteiger partial charge on any atom is 0.338 e. The van der Waals surface area contributed by atoms with Gasteiger partial charge in [0.25, 0.3) is 0 Å². The van der Waals surface area contributed by atoms with Gasteiger partial charge in [-0.1, -0.05) is 30.3 Å². The van der Waals surface area contributed by atoms with E-state index in [1.807, 2.05) is 30.3 Å². The maximum atomic E-state index is 12.1. The minimum atomic E-state index is -3.11. The molecule has 0 unspecified atom stereocenters. The quantitative estimate of drug-likeness (QED) is 0.618. The zero-order valence-electron chi connectivity index (χ0n) is 14.1. The average molecular weight is 371 g/mol. The number of hydrogen-bond acceptors (Lipinski definition) is 6. The highest BCUT2D eigenvalue weighted by Gasteiger charge is 2.12. The maximum absolute atomic E-state index is 12.1. The Kier molecular flexibility index (Phi) is 5.18. The number of nitrogens with zero attached hydrogens (tertiary/aromatic N) is 1. The third-order valence-electron chi connectivity index (χ3n) is 3.54. The number of esters is 1. The van der Waals surface area contributed by atoms with Crippen LogP contribution in [0.1, 0.15) is 21.6 Å². The van der Waals surface area contributed by atoms with Gasteiger partial charge in [-0.3, -0.25) is 0 Å². The molecule has 0 spiro atoms. The predicted molar refractivity (Wildman–Crippen MR) is 96.0 cm³/mol. The number of rotatable bonds is 6. The molecule has 6 nitrogen and oxygen atoms in total. The molecular weight excluding hydrogens is 354 g/mol. The zero-order chi connectivity index (χ0) is 18.6. The fourth-order valence-electron chi connectivity index (χ4n) is 2.35. The highest BCUT2D eigenvalue weighted by atomic mass is 32.2. The van der Waals surface area contributed by atoms with Crippen molar-refractivity contribution >= 4 is 15.8 Å². The summed E-state index contributed by atoms with van der Waals surface area (Å²) in [4.78, 5) is 16.4. The van der Waals surface area contributed by atoms with Gasteiger partial charge in [0.1, 0.15) is 18.6 Å².